The number of para-hydroxylation sites is 2. The molecule has 2 aromatic carbocycles. The lowest BCUT2D eigenvalue weighted by atomic mass is 10.3. The second-order valence-corrected chi connectivity index (χ2v) is 6.84. The summed E-state index contributed by atoms with van der Waals surface area (Å²) in [6.07, 6.45) is 4.37. The molecule has 2 atom stereocenters. The monoisotopic (exact) mass is 445 g/mol. The fourth-order valence-corrected chi connectivity index (χ4v) is 2.93. The highest BCUT2D eigenvalue weighted by atomic mass is 16.5. The highest BCUT2D eigenvalue weighted by Gasteiger charge is 2.19. The van der Waals surface area contributed by atoms with Gasteiger partial charge >= 0.3 is 0 Å². The predicted molar refractivity (Wildman–Crippen MR) is 128 cm³/mol. The quantitative estimate of drug-likeness (QED) is 0.215. The van der Waals surface area contributed by atoms with Crippen LogP contribution in [0.3, 0.4) is 0 Å². The molecule has 4 rings (SSSR count). The number of nitrogens with two attached hydrogens (primary N) is 1. The Morgan fingerprint density at radius 1 is 0.939 bits per heavy atom. The second kappa shape index (κ2) is 10.8. The number of hydrazone groups is 2. The smallest absolute Gasteiger partial charge is 0.175 e. The zero-order valence-corrected chi connectivity index (χ0v) is 17.6. The van der Waals surface area contributed by atoms with Crippen molar-refractivity contribution < 1.29 is 9.84 Å². The van der Waals surface area contributed by atoms with Crippen molar-refractivity contribution >= 4 is 40.8 Å². The molecule has 33 heavy (non-hydrogen) atoms. The topological polar surface area (TPSA) is 148 Å². The van der Waals surface area contributed by atoms with Gasteiger partial charge in [0, 0.05) is 0 Å². The van der Waals surface area contributed by atoms with Crippen molar-refractivity contribution in [1.29, 1.82) is 0 Å². The molecule has 0 amide bonds. The molecular formula is C22H23N9O2. The molecule has 2 heterocycles. The summed E-state index contributed by atoms with van der Waals surface area (Å²) in [5, 5.41) is 18.3. The van der Waals surface area contributed by atoms with E-state index < -0.39 is 12.3 Å². The largest absolute Gasteiger partial charge is 0.393 e. The number of nitrogens with one attached hydrogen (secondary N) is 2. The van der Waals surface area contributed by atoms with Crippen LogP contribution in [-0.4, -0.2) is 49.8 Å². The zero-order chi connectivity index (χ0) is 22.9. The molecule has 168 valence electrons. The number of aromatic nitrogens is 4. The Bertz CT molecular complexity index is 1210. The van der Waals surface area contributed by atoms with Gasteiger partial charge in [-0.05, 0) is 24.3 Å². The van der Waals surface area contributed by atoms with Crippen LogP contribution in [0, 0.1) is 0 Å². The standard InChI is InChI=1S/C22H23N9O2/c23-21-20-22(25-14-24-21)31(15-26-20)19(12-28-30-17-9-5-2-6-10-17)33-18(13-32)11-27-29-16-7-3-1-4-8-16/h1-12,14-15,18-19,29-30,32H,13H2,(H2,23,24,25). The SMILES string of the molecule is Nc1ncnc2c1ncn2C(C=NNc1ccccc1)OC(C=NNc1ccccc1)CO. The van der Waals surface area contributed by atoms with Crippen LogP contribution in [0.2, 0.25) is 0 Å². The van der Waals surface area contributed by atoms with Crippen LogP contribution < -0.4 is 16.6 Å². The zero-order valence-electron chi connectivity index (χ0n) is 17.6. The lowest BCUT2D eigenvalue weighted by molar-refractivity contribution is 0.00153. The maximum atomic E-state index is 9.86. The molecule has 2 aromatic heterocycles. The fraction of sp³-hybridized carbons (Fsp3) is 0.136. The number of fused-ring (bicyclic) bond motifs is 1. The molecule has 0 radical (unpaired) electrons. The van der Waals surface area contributed by atoms with E-state index in [-0.39, 0.29) is 12.4 Å². The lowest BCUT2D eigenvalue weighted by Crippen LogP contribution is -2.26. The first-order valence-electron chi connectivity index (χ1n) is 10.1. The number of benzene rings is 2. The third-order valence-electron chi connectivity index (χ3n) is 4.53. The van der Waals surface area contributed by atoms with Gasteiger partial charge in [0.15, 0.2) is 17.7 Å². The lowest BCUT2D eigenvalue weighted by Gasteiger charge is -2.19. The molecule has 0 saturated carbocycles. The van der Waals surface area contributed by atoms with Gasteiger partial charge in [-0.1, -0.05) is 36.4 Å². The van der Waals surface area contributed by atoms with Crippen LogP contribution in [0.25, 0.3) is 11.2 Å². The summed E-state index contributed by atoms with van der Waals surface area (Å²) < 4.78 is 7.70. The number of nitrogens with zero attached hydrogens (tertiary/aromatic N) is 6. The van der Waals surface area contributed by atoms with E-state index in [1.165, 1.54) is 25.1 Å². The average Bonchev–Trinajstić information content (AvgIpc) is 3.29. The number of hydrogen-bond acceptors (Lipinski definition) is 10. The average molecular weight is 445 g/mol. The second-order valence-electron chi connectivity index (χ2n) is 6.84. The molecule has 2 unspecified atom stereocenters. The van der Waals surface area contributed by atoms with E-state index in [1.54, 1.807) is 4.57 Å². The van der Waals surface area contributed by atoms with E-state index >= 15 is 0 Å². The Balaban J connectivity index is 1.55. The van der Waals surface area contributed by atoms with Crippen molar-refractivity contribution in [1.82, 2.24) is 19.5 Å². The summed E-state index contributed by atoms with van der Waals surface area (Å²) in [5.74, 6) is 0.254. The Morgan fingerprint density at radius 2 is 1.58 bits per heavy atom. The van der Waals surface area contributed by atoms with Crippen LogP contribution in [0.1, 0.15) is 6.23 Å². The van der Waals surface area contributed by atoms with Crippen LogP contribution in [-0.2, 0) is 4.74 Å². The number of ether oxygens (including phenoxy) is 1. The molecule has 11 nitrogen and oxygen atoms in total. The van der Waals surface area contributed by atoms with Gasteiger partial charge in [-0.3, -0.25) is 15.4 Å². The molecule has 11 heteroatoms. The highest BCUT2D eigenvalue weighted by Crippen LogP contribution is 2.20. The molecule has 5 N–H and O–H groups in total. The van der Waals surface area contributed by atoms with Gasteiger partial charge in [0.25, 0.3) is 0 Å². The number of hydrogen-bond donors (Lipinski definition) is 4. The normalized spacial score (nSPS) is 13.5. The van der Waals surface area contributed by atoms with Gasteiger partial charge < -0.3 is 15.6 Å². The molecule has 0 bridgehead atoms. The first-order valence-corrected chi connectivity index (χ1v) is 10.1. The number of imidazole rings is 1. The number of aliphatic hydroxyl groups is 1. The molecule has 0 aliphatic rings. The van der Waals surface area contributed by atoms with Crippen molar-refractivity contribution in [2.75, 3.05) is 23.2 Å². The molecule has 0 saturated heterocycles. The highest BCUT2D eigenvalue weighted by molar-refractivity contribution is 5.82. The summed E-state index contributed by atoms with van der Waals surface area (Å²) >= 11 is 0. The minimum absolute atomic E-state index is 0.254. The van der Waals surface area contributed by atoms with Crippen molar-refractivity contribution in [2.45, 2.75) is 12.3 Å². The summed E-state index contributed by atoms with van der Waals surface area (Å²) in [7, 11) is 0. The van der Waals surface area contributed by atoms with Crippen LogP contribution >= 0.6 is 0 Å². The van der Waals surface area contributed by atoms with Crippen LogP contribution in [0.4, 0.5) is 17.2 Å². The van der Waals surface area contributed by atoms with E-state index in [9.17, 15) is 5.11 Å². The molecule has 0 aliphatic carbocycles. The molecule has 4 aromatic rings. The first-order chi connectivity index (χ1) is 16.2. The maximum absolute atomic E-state index is 9.86. The predicted octanol–water partition coefficient (Wildman–Crippen LogP) is 2.48. The number of nitrogen functional groups attached to an aromatic ring is 1. The summed E-state index contributed by atoms with van der Waals surface area (Å²) in [4.78, 5) is 12.5. The number of anilines is 3. The van der Waals surface area contributed by atoms with E-state index in [0.717, 1.165) is 11.4 Å². The van der Waals surface area contributed by atoms with Gasteiger partial charge in [-0.2, -0.15) is 10.2 Å². The third kappa shape index (κ3) is 5.67. The minimum atomic E-state index is -0.777. The first kappa shape index (κ1) is 21.9. The van der Waals surface area contributed by atoms with E-state index in [0.29, 0.717) is 11.2 Å². The summed E-state index contributed by atoms with van der Waals surface area (Å²) in [6, 6.07) is 18.9. The van der Waals surface area contributed by atoms with Gasteiger partial charge in [0.2, 0.25) is 0 Å². The Kier molecular flexibility index (Phi) is 7.15. The van der Waals surface area contributed by atoms with Crippen LogP contribution in [0.5, 0.6) is 0 Å². The third-order valence-corrected chi connectivity index (χ3v) is 4.53. The Morgan fingerprint density at radius 3 is 2.21 bits per heavy atom. The van der Waals surface area contributed by atoms with Crippen molar-refractivity contribution in [3.8, 4) is 0 Å². The van der Waals surface area contributed by atoms with E-state index in [4.69, 9.17) is 10.5 Å². The summed E-state index contributed by atoms with van der Waals surface area (Å²) in [5.41, 5.74) is 14.3. The Hall–Kier alpha value is -4.35. The maximum Gasteiger partial charge on any atom is 0.175 e. The fourth-order valence-electron chi connectivity index (χ4n) is 2.93. The molecule has 0 aliphatic heterocycles. The minimum Gasteiger partial charge on any atom is -0.393 e. The van der Waals surface area contributed by atoms with Gasteiger partial charge in [-0.15, -0.1) is 0 Å². The molecular weight excluding hydrogens is 422 g/mol. The van der Waals surface area contributed by atoms with Gasteiger partial charge in [-0.25, -0.2) is 15.0 Å². The Labute approximate surface area is 189 Å². The number of aliphatic hydroxyl groups excluding tert-OH is 1. The van der Waals surface area contributed by atoms with E-state index in [1.807, 2.05) is 60.7 Å². The van der Waals surface area contributed by atoms with Gasteiger partial charge in [0.05, 0.1) is 36.7 Å². The van der Waals surface area contributed by atoms with Crippen molar-refractivity contribution in [3.63, 3.8) is 0 Å². The molecule has 0 fully saturated rings. The van der Waals surface area contributed by atoms with Crippen LogP contribution in [0.15, 0.2) is 83.5 Å². The number of rotatable bonds is 10. The summed E-state index contributed by atoms with van der Waals surface area (Å²) in [6.45, 7) is -0.305. The molecule has 0 spiro atoms. The van der Waals surface area contributed by atoms with Crippen molar-refractivity contribution in [2.24, 2.45) is 10.2 Å². The van der Waals surface area contributed by atoms with Gasteiger partial charge in [0.1, 0.15) is 17.9 Å². The van der Waals surface area contributed by atoms with Crippen molar-refractivity contribution in [3.05, 3.63) is 73.3 Å². The van der Waals surface area contributed by atoms with E-state index in [2.05, 4.69) is 36.0 Å².